The van der Waals surface area contributed by atoms with Gasteiger partial charge in [-0.15, -0.1) is 0 Å². The summed E-state index contributed by atoms with van der Waals surface area (Å²) < 4.78 is 0. The molecular formula is C19H20N2O3. The maximum atomic E-state index is 12.0. The van der Waals surface area contributed by atoms with Gasteiger partial charge in [-0.1, -0.05) is 30.3 Å². The lowest BCUT2D eigenvalue weighted by Crippen LogP contribution is -2.29. The molecule has 5 nitrogen and oxygen atoms in total. The van der Waals surface area contributed by atoms with Crippen LogP contribution in [-0.4, -0.2) is 16.9 Å². The molecule has 1 fully saturated rings. The van der Waals surface area contributed by atoms with Crippen LogP contribution in [0.3, 0.4) is 0 Å². The van der Waals surface area contributed by atoms with Gasteiger partial charge in [0.1, 0.15) is 0 Å². The standard InChI is InChI=1S/C19H20N2O3/c1-13-16(20-11-14-5-7-15(12-22)8-6-14)3-2-4-17(13)21-18(23)9-10-19(21)24/h2-8,20,22H,9-12H2,1H3. The molecule has 1 aliphatic rings. The van der Waals surface area contributed by atoms with Gasteiger partial charge in [0.2, 0.25) is 11.8 Å². The predicted molar refractivity (Wildman–Crippen MR) is 92.6 cm³/mol. The summed E-state index contributed by atoms with van der Waals surface area (Å²) in [5.41, 5.74) is 4.40. The lowest BCUT2D eigenvalue weighted by Gasteiger charge is -2.19. The Morgan fingerprint density at radius 2 is 1.62 bits per heavy atom. The summed E-state index contributed by atoms with van der Waals surface area (Å²) >= 11 is 0. The monoisotopic (exact) mass is 324 g/mol. The van der Waals surface area contributed by atoms with Crippen LogP contribution < -0.4 is 10.2 Å². The molecule has 0 bridgehead atoms. The van der Waals surface area contributed by atoms with Gasteiger partial charge >= 0.3 is 0 Å². The quantitative estimate of drug-likeness (QED) is 0.830. The van der Waals surface area contributed by atoms with Gasteiger partial charge in [0.05, 0.1) is 12.3 Å². The number of rotatable bonds is 5. The molecule has 0 aromatic heterocycles. The fourth-order valence-electron chi connectivity index (χ4n) is 2.86. The summed E-state index contributed by atoms with van der Waals surface area (Å²) in [4.78, 5) is 25.2. The van der Waals surface area contributed by atoms with Crippen LogP contribution in [0.4, 0.5) is 11.4 Å². The molecule has 2 N–H and O–H groups in total. The van der Waals surface area contributed by atoms with E-state index in [1.807, 2.05) is 43.3 Å². The predicted octanol–water partition coefficient (Wildman–Crippen LogP) is 2.75. The second-order valence-electron chi connectivity index (χ2n) is 5.90. The molecule has 0 atom stereocenters. The Hall–Kier alpha value is -2.66. The molecule has 3 rings (SSSR count). The molecule has 0 radical (unpaired) electrons. The van der Waals surface area contributed by atoms with Crippen LogP contribution >= 0.6 is 0 Å². The van der Waals surface area contributed by atoms with Crippen molar-refractivity contribution >= 4 is 23.2 Å². The topological polar surface area (TPSA) is 69.6 Å². The van der Waals surface area contributed by atoms with Crippen molar-refractivity contribution in [3.8, 4) is 0 Å². The van der Waals surface area contributed by atoms with Crippen LogP contribution in [-0.2, 0) is 22.7 Å². The number of benzene rings is 2. The lowest BCUT2D eigenvalue weighted by molar-refractivity contribution is -0.121. The van der Waals surface area contributed by atoms with Gasteiger partial charge < -0.3 is 10.4 Å². The molecule has 1 aliphatic heterocycles. The number of carbonyl (C=O) groups excluding carboxylic acids is 2. The average Bonchev–Trinajstić information content (AvgIpc) is 2.93. The third kappa shape index (κ3) is 3.16. The smallest absolute Gasteiger partial charge is 0.234 e. The normalized spacial score (nSPS) is 14.3. The van der Waals surface area contributed by atoms with E-state index in [1.165, 1.54) is 4.90 Å². The molecule has 0 aliphatic carbocycles. The van der Waals surface area contributed by atoms with E-state index in [0.717, 1.165) is 22.4 Å². The molecule has 1 heterocycles. The summed E-state index contributed by atoms with van der Waals surface area (Å²) in [6.45, 7) is 2.57. The molecule has 2 amide bonds. The van der Waals surface area contributed by atoms with Crippen LogP contribution in [0, 0.1) is 6.92 Å². The molecule has 2 aromatic rings. The third-order valence-electron chi connectivity index (χ3n) is 4.29. The van der Waals surface area contributed by atoms with Crippen molar-refractivity contribution < 1.29 is 14.7 Å². The fraction of sp³-hybridized carbons (Fsp3) is 0.263. The van der Waals surface area contributed by atoms with E-state index in [1.54, 1.807) is 6.07 Å². The Morgan fingerprint density at radius 1 is 1.00 bits per heavy atom. The van der Waals surface area contributed by atoms with E-state index in [0.29, 0.717) is 12.2 Å². The van der Waals surface area contributed by atoms with E-state index >= 15 is 0 Å². The largest absolute Gasteiger partial charge is 0.392 e. The Balaban J connectivity index is 1.78. The Labute approximate surface area is 140 Å². The number of aliphatic hydroxyl groups excluding tert-OH is 1. The zero-order valence-electron chi connectivity index (χ0n) is 13.6. The number of hydrogen-bond donors (Lipinski definition) is 2. The molecule has 5 heteroatoms. The lowest BCUT2D eigenvalue weighted by atomic mass is 10.1. The highest BCUT2D eigenvalue weighted by Gasteiger charge is 2.31. The zero-order valence-corrected chi connectivity index (χ0v) is 13.6. The van der Waals surface area contributed by atoms with Crippen LogP contribution in [0.2, 0.25) is 0 Å². The highest BCUT2D eigenvalue weighted by molar-refractivity contribution is 6.20. The number of anilines is 2. The number of amides is 2. The highest BCUT2D eigenvalue weighted by Crippen LogP contribution is 2.30. The van der Waals surface area contributed by atoms with Crippen molar-refractivity contribution in [3.63, 3.8) is 0 Å². The number of nitrogens with one attached hydrogen (secondary N) is 1. The molecule has 0 saturated carbocycles. The molecule has 1 saturated heterocycles. The van der Waals surface area contributed by atoms with Gasteiger partial charge in [0.25, 0.3) is 0 Å². The SMILES string of the molecule is Cc1c(NCc2ccc(CO)cc2)cccc1N1C(=O)CCC1=O. The Morgan fingerprint density at radius 3 is 2.25 bits per heavy atom. The molecule has 0 spiro atoms. The van der Waals surface area contributed by atoms with Gasteiger partial charge in [0.15, 0.2) is 0 Å². The van der Waals surface area contributed by atoms with Gasteiger partial charge in [-0.3, -0.25) is 14.5 Å². The van der Waals surface area contributed by atoms with E-state index < -0.39 is 0 Å². The van der Waals surface area contributed by atoms with Crippen molar-refractivity contribution in [1.82, 2.24) is 0 Å². The van der Waals surface area contributed by atoms with Crippen molar-refractivity contribution in [1.29, 1.82) is 0 Å². The fourth-order valence-corrected chi connectivity index (χ4v) is 2.86. The zero-order chi connectivity index (χ0) is 17.1. The number of carbonyl (C=O) groups is 2. The molecule has 0 unspecified atom stereocenters. The molecular weight excluding hydrogens is 304 g/mol. The summed E-state index contributed by atoms with van der Waals surface area (Å²) in [7, 11) is 0. The van der Waals surface area contributed by atoms with Crippen molar-refractivity contribution in [3.05, 3.63) is 59.2 Å². The maximum absolute atomic E-state index is 12.0. The summed E-state index contributed by atoms with van der Waals surface area (Å²) in [6, 6.07) is 13.3. The molecule has 24 heavy (non-hydrogen) atoms. The van der Waals surface area contributed by atoms with E-state index in [9.17, 15) is 9.59 Å². The number of hydrogen-bond acceptors (Lipinski definition) is 4. The third-order valence-corrected chi connectivity index (χ3v) is 4.29. The summed E-state index contributed by atoms with van der Waals surface area (Å²) in [5.74, 6) is -0.278. The minimum atomic E-state index is -0.139. The van der Waals surface area contributed by atoms with Crippen molar-refractivity contribution in [2.75, 3.05) is 10.2 Å². The maximum Gasteiger partial charge on any atom is 0.234 e. The second kappa shape index (κ2) is 6.84. The molecule has 124 valence electrons. The van der Waals surface area contributed by atoms with Crippen molar-refractivity contribution in [2.24, 2.45) is 0 Å². The first-order valence-corrected chi connectivity index (χ1v) is 7.98. The Bertz CT molecular complexity index is 753. The van der Waals surface area contributed by atoms with E-state index in [-0.39, 0.29) is 31.3 Å². The molecule has 2 aromatic carbocycles. The van der Waals surface area contributed by atoms with Gasteiger partial charge in [-0.05, 0) is 35.7 Å². The highest BCUT2D eigenvalue weighted by atomic mass is 16.3. The first-order chi connectivity index (χ1) is 11.6. The van der Waals surface area contributed by atoms with Crippen LogP contribution in [0.15, 0.2) is 42.5 Å². The second-order valence-corrected chi connectivity index (χ2v) is 5.90. The Kier molecular flexibility index (Phi) is 4.62. The van der Waals surface area contributed by atoms with Gasteiger partial charge in [0, 0.05) is 25.1 Å². The summed E-state index contributed by atoms with van der Waals surface area (Å²) in [6.07, 6.45) is 0.570. The average molecular weight is 324 g/mol. The first-order valence-electron chi connectivity index (χ1n) is 7.98. The summed E-state index contributed by atoms with van der Waals surface area (Å²) in [5, 5.41) is 12.4. The number of aliphatic hydroxyl groups is 1. The van der Waals surface area contributed by atoms with E-state index in [2.05, 4.69) is 5.32 Å². The van der Waals surface area contributed by atoms with Crippen molar-refractivity contribution in [2.45, 2.75) is 32.9 Å². The number of nitrogens with zero attached hydrogens (tertiary/aromatic N) is 1. The van der Waals surface area contributed by atoms with Gasteiger partial charge in [-0.2, -0.15) is 0 Å². The van der Waals surface area contributed by atoms with Crippen LogP contribution in [0.5, 0.6) is 0 Å². The number of imide groups is 1. The van der Waals surface area contributed by atoms with Crippen LogP contribution in [0.1, 0.15) is 29.5 Å². The van der Waals surface area contributed by atoms with Gasteiger partial charge in [-0.25, -0.2) is 0 Å². The minimum absolute atomic E-state index is 0.0345. The minimum Gasteiger partial charge on any atom is -0.392 e. The van der Waals surface area contributed by atoms with Crippen LogP contribution in [0.25, 0.3) is 0 Å². The first kappa shape index (κ1) is 16.2. The van der Waals surface area contributed by atoms with E-state index in [4.69, 9.17) is 5.11 Å².